The molecule has 74 heavy (non-hydrogen) atoms. The minimum absolute atomic E-state index is 0.0373. The molecule has 10 heteroatoms. The average Bonchev–Trinajstić information content (AvgIpc) is 3.36. The van der Waals surface area contributed by atoms with Gasteiger partial charge in [-0.15, -0.1) is 0 Å². The Hall–Kier alpha value is -1.77. The predicted octanol–water partition coefficient (Wildman–Crippen LogP) is 19.5. The number of esters is 1. The number of amides is 1. The number of likely N-dealkylation sites (N-methyl/N-ethyl adjacent to an activating group) is 1. The number of allylic oxidation sites excluding steroid dienone is 5. The van der Waals surface area contributed by atoms with Gasteiger partial charge >= 0.3 is 13.8 Å². The summed E-state index contributed by atoms with van der Waals surface area (Å²) in [5, 5.41) is 3.04. The van der Waals surface area contributed by atoms with Crippen LogP contribution >= 0.6 is 7.82 Å². The maximum Gasteiger partial charge on any atom is 0.472 e. The summed E-state index contributed by atoms with van der Waals surface area (Å²) >= 11 is 0. The summed E-state index contributed by atoms with van der Waals surface area (Å²) in [5.41, 5.74) is 0. The SMILES string of the molecule is CCCCCCCCC/C=C/C=C/CCCCCC(=O)NC(COP(=O)(O)OCC[N+](C)(C)C)C(/C=C/CCCCCCCCCCC)OC(=O)CCCCCCCCCCCCCCCCCCCCCCC. The lowest BCUT2D eigenvalue weighted by molar-refractivity contribution is -0.870. The van der Waals surface area contributed by atoms with E-state index in [0.29, 0.717) is 30.3 Å². The molecule has 0 saturated heterocycles. The van der Waals surface area contributed by atoms with Crippen molar-refractivity contribution in [3.8, 4) is 0 Å². The number of quaternary nitrogens is 1. The molecule has 0 radical (unpaired) electrons. The van der Waals surface area contributed by atoms with Gasteiger partial charge < -0.3 is 19.4 Å². The Morgan fingerprint density at radius 3 is 1.20 bits per heavy atom. The van der Waals surface area contributed by atoms with Crippen molar-refractivity contribution in [2.45, 2.75) is 322 Å². The number of carbonyl (C=O) groups is 2. The molecule has 0 aliphatic heterocycles. The van der Waals surface area contributed by atoms with Crippen molar-refractivity contribution in [2.75, 3.05) is 40.9 Å². The number of hydrogen-bond acceptors (Lipinski definition) is 6. The molecule has 1 amide bonds. The number of nitrogens with one attached hydrogen (secondary N) is 1. The molecule has 0 aromatic carbocycles. The maximum atomic E-state index is 13.5. The molecule has 0 rings (SSSR count). The summed E-state index contributed by atoms with van der Waals surface area (Å²) in [7, 11) is 1.49. The van der Waals surface area contributed by atoms with E-state index in [1.54, 1.807) is 0 Å². The minimum atomic E-state index is -4.45. The number of ether oxygens (including phenoxy) is 1. The van der Waals surface area contributed by atoms with Crippen molar-refractivity contribution in [3.05, 3.63) is 36.5 Å². The van der Waals surface area contributed by atoms with Crippen LogP contribution in [0.25, 0.3) is 0 Å². The Labute approximate surface area is 459 Å². The molecule has 0 saturated carbocycles. The summed E-state index contributed by atoms with van der Waals surface area (Å²) in [6, 6.07) is -0.858. The van der Waals surface area contributed by atoms with E-state index in [4.69, 9.17) is 13.8 Å². The summed E-state index contributed by atoms with van der Waals surface area (Å²) in [6.07, 6.45) is 65.8. The second-order valence-electron chi connectivity index (χ2n) is 23.0. The quantitative estimate of drug-likeness (QED) is 0.0156. The standard InChI is InChI=1S/C64H123N2O7P/c1-7-10-13-16-19-22-25-27-29-31-32-33-34-35-37-39-42-45-48-51-54-57-64(68)73-62(55-52-49-46-43-40-24-21-18-15-12-9-3)61(60-72-74(69,70)71-59-58-66(4,5)6)65-63(67)56-53-50-47-44-41-38-36-30-28-26-23-20-17-14-11-8-2/h30,36,38,41,52,55,61-62H,7-29,31-35,37,39-40,42-51,53-54,56-60H2,1-6H3,(H-,65,67,69,70)/p+1/b36-30+,41-38+,55-52+. The fraction of sp³-hybridized carbons (Fsp3) is 0.875. The monoisotopic (exact) mass is 1060 g/mol. The van der Waals surface area contributed by atoms with Crippen molar-refractivity contribution < 1.29 is 37.3 Å². The Bertz CT molecular complexity index is 1360. The van der Waals surface area contributed by atoms with Crippen molar-refractivity contribution in [3.63, 3.8) is 0 Å². The molecule has 0 fully saturated rings. The molecule has 3 atom stereocenters. The lowest BCUT2D eigenvalue weighted by Gasteiger charge is -2.27. The zero-order valence-corrected chi connectivity index (χ0v) is 50.7. The largest absolute Gasteiger partial charge is 0.472 e. The first-order valence-corrected chi connectivity index (χ1v) is 33.3. The Kier molecular flexibility index (Phi) is 53.3. The highest BCUT2D eigenvalue weighted by molar-refractivity contribution is 7.47. The third kappa shape index (κ3) is 55.0. The number of unbranched alkanes of at least 4 members (excludes halogenated alkanes) is 39. The molecule has 436 valence electrons. The van der Waals surface area contributed by atoms with Crippen molar-refractivity contribution in [1.29, 1.82) is 0 Å². The average molecular weight is 1060 g/mol. The van der Waals surface area contributed by atoms with Gasteiger partial charge in [0.15, 0.2) is 0 Å². The molecule has 0 aliphatic rings. The normalized spacial score (nSPS) is 13.9. The van der Waals surface area contributed by atoms with Crippen LogP contribution in [0.4, 0.5) is 0 Å². The number of nitrogens with zero attached hydrogens (tertiary/aromatic N) is 1. The van der Waals surface area contributed by atoms with E-state index in [1.807, 2.05) is 33.3 Å². The molecular formula is C64H124N2O7P+. The van der Waals surface area contributed by atoms with Gasteiger partial charge in [0.2, 0.25) is 5.91 Å². The Morgan fingerprint density at radius 2 is 0.811 bits per heavy atom. The van der Waals surface area contributed by atoms with Crippen LogP contribution in [0, 0.1) is 0 Å². The first-order valence-electron chi connectivity index (χ1n) is 31.8. The van der Waals surface area contributed by atoms with Crippen LogP contribution in [0.5, 0.6) is 0 Å². The first-order chi connectivity index (χ1) is 35.9. The van der Waals surface area contributed by atoms with Crippen LogP contribution in [-0.2, 0) is 27.9 Å². The fourth-order valence-electron chi connectivity index (χ4n) is 9.40. The van der Waals surface area contributed by atoms with Gasteiger partial charge in [-0.05, 0) is 57.4 Å². The molecular weight excluding hydrogens is 940 g/mol. The highest BCUT2D eigenvalue weighted by Crippen LogP contribution is 2.43. The second-order valence-corrected chi connectivity index (χ2v) is 24.4. The lowest BCUT2D eigenvalue weighted by atomic mass is 10.0. The van der Waals surface area contributed by atoms with Gasteiger partial charge in [-0.3, -0.25) is 18.6 Å². The number of phosphoric ester groups is 1. The van der Waals surface area contributed by atoms with Crippen LogP contribution in [0.15, 0.2) is 36.5 Å². The van der Waals surface area contributed by atoms with E-state index < -0.39 is 20.0 Å². The van der Waals surface area contributed by atoms with Crippen molar-refractivity contribution in [1.82, 2.24) is 5.32 Å². The molecule has 0 bridgehead atoms. The smallest absolute Gasteiger partial charge is 0.456 e. The molecule has 9 nitrogen and oxygen atoms in total. The van der Waals surface area contributed by atoms with E-state index in [0.717, 1.165) is 64.2 Å². The van der Waals surface area contributed by atoms with Crippen LogP contribution in [0.1, 0.15) is 310 Å². The van der Waals surface area contributed by atoms with E-state index in [2.05, 4.69) is 50.4 Å². The molecule has 0 aliphatic carbocycles. The molecule has 0 aromatic heterocycles. The van der Waals surface area contributed by atoms with E-state index in [-0.39, 0.29) is 25.1 Å². The lowest BCUT2D eigenvalue weighted by Crippen LogP contribution is -2.47. The van der Waals surface area contributed by atoms with Crippen LogP contribution in [0.3, 0.4) is 0 Å². The summed E-state index contributed by atoms with van der Waals surface area (Å²) in [4.78, 5) is 37.7. The van der Waals surface area contributed by atoms with E-state index in [9.17, 15) is 19.0 Å². The van der Waals surface area contributed by atoms with Gasteiger partial charge in [-0.25, -0.2) is 4.57 Å². The zero-order chi connectivity index (χ0) is 54.3. The van der Waals surface area contributed by atoms with Gasteiger partial charge in [-0.1, -0.05) is 276 Å². The summed E-state index contributed by atoms with van der Waals surface area (Å²) < 4.78 is 30.7. The van der Waals surface area contributed by atoms with Crippen molar-refractivity contribution >= 4 is 19.7 Å². The van der Waals surface area contributed by atoms with Gasteiger partial charge in [0.25, 0.3) is 0 Å². The number of hydrogen-bond donors (Lipinski definition) is 2. The number of rotatable bonds is 58. The van der Waals surface area contributed by atoms with Gasteiger partial charge in [0, 0.05) is 12.8 Å². The number of phosphoric acid groups is 1. The van der Waals surface area contributed by atoms with Gasteiger partial charge in [0.1, 0.15) is 19.3 Å². The molecule has 0 aromatic rings. The van der Waals surface area contributed by atoms with Gasteiger partial charge in [0.05, 0.1) is 33.8 Å². The molecule has 2 N–H and O–H groups in total. The van der Waals surface area contributed by atoms with Crippen LogP contribution < -0.4 is 5.32 Å². The second kappa shape index (κ2) is 54.6. The molecule has 3 unspecified atom stereocenters. The van der Waals surface area contributed by atoms with E-state index >= 15 is 0 Å². The zero-order valence-electron chi connectivity index (χ0n) is 49.9. The predicted molar refractivity (Wildman–Crippen MR) is 319 cm³/mol. The summed E-state index contributed by atoms with van der Waals surface area (Å²) in [6.45, 7) is 7.02. The van der Waals surface area contributed by atoms with Crippen molar-refractivity contribution in [2.24, 2.45) is 0 Å². The highest BCUT2D eigenvalue weighted by atomic mass is 31.2. The maximum absolute atomic E-state index is 13.5. The van der Waals surface area contributed by atoms with Crippen LogP contribution in [0.2, 0.25) is 0 Å². The minimum Gasteiger partial charge on any atom is -0.456 e. The van der Waals surface area contributed by atoms with Gasteiger partial charge in [-0.2, -0.15) is 0 Å². The number of carbonyl (C=O) groups excluding carboxylic acids is 2. The Balaban J connectivity index is 5.18. The fourth-order valence-corrected chi connectivity index (χ4v) is 10.1. The molecule has 0 heterocycles. The highest BCUT2D eigenvalue weighted by Gasteiger charge is 2.30. The summed E-state index contributed by atoms with van der Waals surface area (Å²) in [5.74, 6) is -0.522. The van der Waals surface area contributed by atoms with Crippen LogP contribution in [-0.4, -0.2) is 74.3 Å². The van der Waals surface area contributed by atoms with E-state index in [1.165, 1.54) is 205 Å². The topological polar surface area (TPSA) is 111 Å². The third-order valence-electron chi connectivity index (χ3n) is 14.4. The third-order valence-corrected chi connectivity index (χ3v) is 15.3. The first kappa shape index (κ1) is 72.2. The Morgan fingerprint density at radius 1 is 0.473 bits per heavy atom. The molecule has 0 spiro atoms.